The van der Waals surface area contributed by atoms with Crippen LogP contribution in [0.5, 0.6) is 0 Å². The summed E-state index contributed by atoms with van der Waals surface area (Å²) in [6.45, 7) is 6.54. The van der Waals surface area contributed by atoms with Crippen LogP contribution < -0.4 is 0 Å². The molecular weight excluding hydrogens is 925 g/mol. The zero-order valence-electron chi connectivity index (χ0n) is 49.8. The number of carbonyl (C=O) groups is 3. The van der Waals surface area contributed by atoms with Gasteiger partial charge in [0, 0.05) is 19.3 Å². The summed E-state index contributed by atoms with van der Waals surface area (Å²) in [4.78, 5) is 38.3. The zero-order chi connectivity index (χ0) is 54.3. The molecule has 0 rings (SSSR count). The zero-order valence-corrected chi connectivity index (χ0v) is 49.8. The summed E-state index contributed by atoms with van der Waals surface area (Å²) < 4.78 is 16.9. The molecule has 0 radical (unpaired) electrons. The fourth-order valence-electron chi connectivity index (χ4n) is 9.31. The second kappa shape index (κ2) is 63.4. The van der Waals surface area contributed by atoms with E-state index in [1.54, 1.807) is 0 Å². The maximum absolute atomic E-state index is 12.9. The van der Waals surface area contributed by atoms with Crippen LogP contribution in [0.25, 0.3) is 0 Å². The van der Waals surface area contributed by atoms with E-state index < -0.39 is 6.10 Å². The Bertz CT molecular complexity index is 1390. The van der Waals surface area contributed by atoms with Crippen LogP contribution in [0, 0.1) is 0 Å². The molecular formula is C69H122O6. The molecule has 0 aromatic carbocycles. The van der Waals surface area contributed by atoms with Gasteiger partial charge >= 0.3 is 17.9 Å². The van der Waals surface area contributed by atoms with Crippen molar-refractivity contribution in [3.05, 3.63) is 72.9 Å². The van der Waals surface area contributed by atoms with Gasteiger partial charge in [-0.3, -0.25) is 14.4 Å². The Morgan fingerprint density at radius 2 is 0.520 bits per heavy atom. The van der Waals surface area contributed by atoms with Gasteiger partial charge in [0.15, 0.2) is 6.10 Å². The first kappa shape index (κ1) is 71.8. The van der Waals surface area contributed by atoms with E-state index in [9.17, 15) is 14.4 Å². The Balaban J connectivity index is 4.36. The molecule has 0 amide bonds. The lowest BCUT2D eigenvalue weighted by molar-refractivity contribution is -0.167. The molecule has 0 aliphatic rings. The molecule has 6 heteroatoms. The third-order valence-corrected chi connectivity index (χ3v) is 14.2. The Hall–Kier alpha value is -3.15. The highest BCUT2D eigenvalue weighted by atomic mass is 16.6. The summed E-state index contributed by atoms with van der Waals surface area (Å²) in [5, 5.41) is 0. The van der Waals surface area contributed by atoms with Crippen LogP contribution in [-0.4, -0.2) is 37.2 Å². The molecule has 0 aromatic rings. The molecule has 6 nitrogen and oxygen atoms in total. The van der Waals surface area contributed by atoms with Crippen LogP contribution in [0.15, 0.2) is 72.9 Å². The van der Waals surface area contributed by atoms with Crippen molar-refractivity contribution < 1.29 is 28.6 Å². The summed E-state index contributed by atoms with van der Waals surface area (Å²) in [5.74, 6) is -0.891. The van der Waals surface area contributed by atoms with Gasteiger partial charge in [-0.25, -0.2) is 0 Å². The third-order valence-electron chi connectivity index (χ3n) is 14.2. The topological polar surface area (TPSA) is 78.9 Å². The monoisotopic (exact) mass is 1050 g/mol. The van der Waals surface area contributed by atoms with E-state index in [1.165, 1.54) is 186 Å². The van der Waals surface area contributed by atoms with E-state index in [1.807, 2.05) is 0 Å². The molecule has 0 N–H and O–H groups in total. The van der Waals surface area contributed by atoms with Crippen LogP contribution >= 0.6 is 0 Å². The number of hydrogen-bond donors (Lipinski definition) is 0. The van der Waals surface area contributed by atoms with E-state index in [0.717, 1.165) is 103 Å². The molecule has 0 saturated heterocycles. The standard InChI is InChI=1S/C69H122O6/c1-4-7-10-13-16-19-22-25-28-30-32-34-36-38-41-44-47-50-53-56-59-62-68(71)74-65-66(64-73-67(70)61-58-55-52-49-46-43-40-27-24-21-18-15-12-9-6-3)75-69(72)63-60-57-54-51-48-45-42-39-37-35-33-31-29-26-23-20-17-14-11-8-5-2/h9,12,18,21-22,25,27,30-33,40,66H,4-8,10-11,13-17,19-20,23-24,26,28-29,34-39,41-65H2,1-3H3/b12-9-,21-18-,25-22-,32-30-,33-31-,40-27-. The molecule has 0 aliphatic carbocycles. The van der Waals surface area contributed by atoms with Crippen molar-refractivity contribution >= 4 is 17.9 Å². The summed E-state index contributed by atoms with van der Waals surface area (Å²) in [7, 11) is 0. The molecule has 0 aliphatic heterocycles. The Morgan fingerprint density at radius 1 is 0.280 bits per heavy atom. The van der Waals surface area contributed by atoms with Gasteiger partial charge in [0.1, 0.15) is 13.2 Å². The highest BCUT2D eigenvalue weighted by molar-refractivity contribution is 5.71. The second-order valence-corrected chi connectivity index (χ2v) is 21.6. The quantitative estimate of drug-likeness (QED) is 0.0261. The molecule has 434 valence electrons. The minimum atomic E-state index is -0.787. The van der Waals surface area contributed by atoms with Crippen molar-refractivity contribution in [2.45, 2.75) is 335 Å². The number of ether oxygens (including phenoxy) is 3. The van der Waals surface area contributed by atoms with E-state index >= 15 is 0 Å². The predicted octanol–water partition coefficient (Wildman–Crippen LogP) is 22.1. The van der Waals surface area contributed by atoms with Gasteiger partial charge in [-0.15, -0.1) is 0 Å². The van der Waals surface area contributed by atoms with Gasteiger partial charge < -0.3 is 14.2 Å². The summed E-state index contributed by atoms with van der Waals surface area (Å²) in [6, 6.07) is 0. The first-order valence-electron chi connectivity index (χ1n) is 32.4. The van der Waals surface area contributed by atoms with Gasteiger partial charge in [0.2, 0.25) is 0 Å². The predicted molar refractivity (Wildman–Crippen MR) is 325 cm³/mol. The number of unbranched alkanes of at least 4 members (excludes halogenated alkanes) is 36. The number of carbonyl (C=O) groups excluding carboxylic acids is 3. The third kappa shape index (κ3) is 61.6. The SMILES string of the molecule is CC/C=C\C/C=C\C/C=C\CCCCCCCC(=O)OCC(COC(=O)CCCCCCCCCCC/C=C\C/C=C\CCCCCCC)OC(=O)CCCCCCCCCCC/C=C\CCCCCCCCCC. The van der Waals surface area contributed by atoms with E-state index in [2.05, 4.69) is 93.7 Å². The van der Waals surface area contributed by atoms with Crippen molar-refractivity contribution in [3.8, 4) is 0 Å². The molecule has 0 saturated carbocycles. The van der Waals surface area contributed by atoms with Crippen molar-refractivity contribution in [2.75, 3.05) is 13.2 Å². The Morgan fingerprint density at radius 3 is 0.827 bits per heavy atom. The van der Waals surface area contributed by atoms with Crippen molar-refractivity contribution in [3.63, 3.8) is 0 Å². The number of hydrogen-bond acceptors (Lipinski definition) is 6. The largest absolute Gasteiger partial charge is 0.462 e. The van der Waals surface area contributed by atoms with Crippen LogP contribution in [0.4, 0.5) is 0 Å². The van der Waals surface area contributed by atoms with E-state index in [4.69, 9.17) is 14.2 Å². The van der Waals surface area contributed by atoms with Gasteiger partial charge in [-0.2, -0.15) is 0 Å². The number of allylic oxidation sites excluding steroid dienone is 12. The van der Waals surface area contributed by atoms with Crippen LogP contribution in [0.2, 0.25) is 0 Å². The first-order chi connectivity index (χ1) is 37.0. The Labute approximate surface area is 465 Å². The first-order valence-corrected chi connectivity index (χ1v) is 32.4. The minimum Gasteiger partial charge on any atom is -0.462 e. The average molecular weight is 1050 g/mol. The summed E-state index contributed by atoms with van der Waals surface area (Å²) in [5.41, 5.74) is 0. The highest BCUT2D eigenvalue weighted by Crippen LogP contribution is 2.16. The molecule has 75 heavy (non-hydrogen) atoms. The lowest BCUT2D eigenvalue weighted by Gasteiger charge is -2.18. The second-order valence-electron chi connectivity index (χ2n) is 21.6. The van der Waals surface area contributed by atoms with Gasteiger partial charge in [-0.1, -0.05) is 273 Å². The maximum atomic E-state index is 12.9. The fraction of sp³-hybridized carbons (Fsp3) is 0.783. The van der Waals surface area contributed by atoms with E-state index in [0.29, 0.717) is 19.3 Å². The highest BCUT2D eigenvalue weighted by Gasteiger charge is 2.19. The number of rotatable bonds is 59. The molecule has 0 fully saturated rings. The molecule has 0 bridgehead atoms. The maximum Gasteiger partial charge on any atom is 0.306 e. The van der Waals surface area contributed by atoms with Gasteiger partial charge in [-0.05, 0) is 109 Å². The fourth-order valence-corrected chi connectivity index (χ4v) is 9.31. The van der Waals surface area contributed by atoms with Gasteiger partial charge in [0.05, 0.1) is 0 Å². The summed E-state index contributed by atoms with van der Waals surface area (Å²) >= 11 is 0. The number of esters is 3. The van der Waals surface area contributed by atoms with Crippen molar-refractivity contribution in [1.82, 2.24) is 0 Å². The molecule has 1 unspecified atom stereocenters. The lowest BCUT2D eigenvalue weighted by atomic mass is 10.1. The van der Waals surface area contributed by atoms with Crippen molar-refractivity contribution in [1.29, 1.82) is 0 Å². The molecule has 0 heterocycles. The van der Waals surface area contributed by atoms with Crippen molar-refractivity contribution in [2.24, 2.45) is 0 Å². The summed E-state index contributed by atoms with van der Waals surface area (Å²) in [6.07, 6.45) is 81.9. The van der Waals surface area contributed by atoms with E-state index in [-0.39, 0.29) is 31.1 Å². The lowest BCUT2D eigenvalue weighted by Crippen LogP contribution is -2.30. The smallest absolute Gasteiger partial charge is 0.306 e. The van der Waals surface area contributed by atoms with Crippen LogP contribution in [-0.2, 0) is 28.6 Å². The van der Waals surface area contributed by atoms with Crippen LogP contribution in [0.3, 0.4) is 0 Å². The Kier molecular flexibility index (Phi) is 60.7. The molecule has 0 spiro atoms. The van der Waals surface area contributed by atoms with Crippen LogP contribution in [0.1, 0.15) is 329 Å². The minimum absolute atomic E-state index is 0.0828. The van der Waals surface area contributed by atoms with Gasteiger partial charge in [0.25, 0.3) is 0 Å². The molecule has 1 atom stereocenters. The normalized spacial score (nSPS) is 12.5. The molecule has 0 aromatic heterocycles. The average Bonchev–Trinajstić information content (AvgIpc) is 3.41.